The lowest BCUT2D eigenvalue weighted by Crippen LogP contribution is -2.32. The van der Waals surface area contributed by atoms with E-state index < -0.39 is 0 Å². The molecule has 0 atom stereocenters. The van der Waals surface area contributed by atoms with Crippen LogP contribution in [0.3, 0.4) is 0 Å². The zero-order valence-corrected chi connectivity index (χ0v) is 17.0. The van der Waals surface area contributed by atoms with Crippen molar-refractivity contribution < 1.29 is 9.18 Å². The highest BCUT2D eigenvalue weighted by atomic mass is 32.1. The Morgan fingerprint density at radius 1 is 1.14 bits per heavy atom. The van der Waals surface area contributed by atoms with Crippen molar-refractivity contribution in [3.8, 4) is 0 Å². The maximum atomic E-state index is 13.6. The number of rotatable bonds is 5. The molecular formula is C23H20FN3OS. The zero-order chi connectivity index (χ0) is 20.4. The molecule has 0 saturated carbocycles. The van der Waals surface area contributed by atoms with Crippen LogP contribution >= 0.6 is 11.3 Å². The minimum Gasteiger partial charge on any atom is -0.283 e. The fraction of sp³-hybridized carbons (Fsp3) is 0.174. The van der Waals surface area contributed by atoms with Crippen LogP contribution < -0.4 is 4.90 Å². The highest BCUT2D eigenvalue weighted by Gasteiger charge is 2.21. The maximum absolute atomic E-state index is 13.6. The Labute approximate surface area is 172 Å². The summed E-state index contributed by atoms with van der Waals surface area (Å²) in [5.41, 5.74) is 4.79. The van der Waals surface area contributed by atoms with Crippen molar-refractivity contribution in [2.75, 3.05) is 4.90 Å². The van der Waals surface area contributed by atoms with Crippen LogP contribution in [-0.4, -0.2) is 15.9 Å². The molecule has 0 radical (unpaired) electrons. The van der Waals surface area contributed by atoms with Crippen molar-refractivity contribution in [1.82, 2.24) is 9.97 Å². The van der Waals surface area contributed by atoms with Crippen molar-refractivity contribution in [3.05, 3.63) is 89.0 Å². The molecule has 1 amide bonds. The van der Waals surface area contributed by atoms with Gasteiger partial charge < -0.3 is 0 Å². The second kappa shape index (κ2) is 8.09. The van der Waals surface area contributed by atoms with Crippen molar-refractivity contribution in [1.29, 1.82) is 0 Å². The van der Waals surface area contributed by atoms with Gasteiger partial charge in [0, 0.05) is 12.4 Å². The zero-order valence-electron chi connectivity index (χ0n) is 16.2. The van der Waals surface area contributed by atoms with Gasteiger partial charge in [0.25, 0.3) is 0 Å². The number of aryl methyl sites for hydroxylation is 2. The topological polar surface area (TPSA) is 46.1 Å². The Morgan fingerprint density at radius 2 is 2.00 bits per heavy atom. The van der Waals surface area contributed by atoms with E-state index in [-0.39, 0.29) is 18.1 Å². The number of anilines is 1. The Balaban J connectivity index is 1.70. The molecule has 0 aliphatic rings. The van der Waals surface area contributed by atoms with Gasteiger partial charge in [-0.25, -0.2) is 9.37 Å². The molecule has 0 bridgehead atoms. The predicted octanol–water partition coefficient (Wildman–Crippen LogP) is 5.22. The summed E-state index contributed by atoms with van der Waals surface area (Å²) < 4.78 is 14.3. The summed E-state index contributed by atoms with van der Waals surface area (Å²) in [7, 11) is 0. The van der Waals surface area contributed by atoms with Gasteiger partial charge in [-0.15, -0.1) is 0 Å². The van der Waals surface area contributed by atoms with Crippen molar-refractivity contribution in [2.24, 2.45) is 0 Å². The van der Waals surface area contributed by atoms with Crippen LogP contribution in [0.5, 0.6) is 0 Å². The smallest absolute Gasteiger partial charge is 0.233 e. The first-order valence-corrected chi connectivity index (χ1v) is 10.1. The minimum absolute atomic E-state index is 0.0536. The third-order valence-electron chi connectivity index (χ3n) is 4.78. The summed E-state index contributed by atoms with van der Waals surface area (Å²) in [5.74, 6) is -0.365. The first-order valence-electron chi connectivity index (χ1n) is 9.31. The van der Waals surface area contributed by atoms with E-state index in [0.717, 1.165) is 27.0 Å². The first kappa shape index (κ1) is 19.2. The van der Waals surface area contributed by atoms with Gasteiger partial charge in [0.2, 0.25) is 5.91 Å². The SMILES string of the molecule is Cc1ccc(C)c(CC(=O)N(Cc2cccnc2)c2nc3ccc(F)cc3s2)c1. The van der Waals surface area contributed by atoms with Crippen LogP contribution in [0.1, 0.15) is 22.3 Å². The summed E-state index contributed by atoms with van der Waals surface area (Å²) in [6, 6.07) is 14.4. The van der Waals surface area contributed by atoms with Gasteiger partial charge in [-0.1, -0.05) is 41.2 Å². The molecule has 0 aliphatic carbocycles. The van der Waals surface area contributed by atoms with E-state index in [9.17, 15) is 9.18 Å². The number of benzene rings is 2. The predicted molar refractivity (Wildman–Crippen MR) is 115 cm³/mol. The first-order chi connectivity index (χ1) is 14.0. The fourth-order valence-electron chi connectivity index (χ4n) is 3.19. The molecule has 2 heterocycles. The van der Waals surface area contributed by atoms with E-state index in [0.29, 0.717) is 17.2 Å². The number of hydrogen-bond donors (Lipinski definition) is 0. The Hall–Kier alpha value is -3.12. The quantitative estimate of drug-likeness (QED) is 0.457. The molecule has 4 rings (SSSR count). The van der Waals surface area contributed by atoms with Gasteiger partial charge in [0.05, 0.1) is 23.2 Å². The van der Waals surface area contributed by atoms with Gasteiger partial charge in [-0.2, -0.15) is 0 Å². The average molecular weight is 405 g/mol. The standard InChI is InChI=1S/C23H20FN3OS/c1-15-5-6-16(2)18(10-15)11-22(28)27(14-17-4-3-9-25-13-17)23-26-20-8-7-19(24)12-21(20)29-23/h3-10,12-13H,11,14H2,1-2H3. The summed E-state index contributed by atoms with van der Waals surface area (Å²) in [5, 5.41) is 0.560. The fourth-order valence-corrected chi connectivity index (χ4v) is 4.19. The molecule has 0 fully saturated rings. The highest BCUT2D eigenvalue weighted by molar-refractivity contribution is 7.22. The molecule has 0 saturated heterocycles. The van der Waals surface area contributed by atoms with E-state index in [2.05, 4.69) is 9.97 Å². The summed E-state index contributed by atoms with van der Waals surface area (Å²) in [6.45, 7) is 4.39. The molecule has 0 aliphatic heterocycles. The van der Waals surface area contributed by atoms with Crippen LogP contribution in [-0.2, 0) is 17.8 Å². The van der Waals surface area contributed by atoms with Gasteiger partial charge in [-0.3, -0.25) is 14.7 Å². The Morgan fingerprint density at radius 3 is 2.79 bits per heavy atom. The molecule has 29 heavy (non-hydrogen) atoms. The number of carbonyl (C=O) groups excluding carboxylic acids is 1. The number of amides is 1. The molecule has 6 heteroatoms. The normalized spacial score (nSPS) is 11.0. The lowest BCUT2D eigenvalue weighted by molar-refractivity contribution is -0.118. The van der Waals surface area contributed by atoms with Crippen molar-refractivity contribution in [2.45, 2.75) is 26.8 Å². The number of aromatic nitrogens is 2. The number of pyridine rings is 1. The third kappa shape index (κ3) is 4.32. The lowest BCUT2D eigenvalue weighted by atomic mass is 10.0. The second-order valence-electron chi connectivity index (χ2n) is 7.06. The average Bonchev–Trinajstić information content (AvgIpc) is 3.12. The maximum Gasteiger partial charge on any atom is 0.233 e. The summed E-state index contributed by atoms with van der Waals surface area (Å²) >= 11 is 1.32. The van der Waals surface area contributed by atoms with E-state index in [1.807, 2.05) is 44.2 Å². The number of thiazole rings is 1. The van der Waals surface area contributed by atoms with E-state index >= 15 is 0 Å². The highest BCUT2D eigenvalue weighted by Crippen LogP contribution is 2.31. The van der Waals surface area contributed by atoms with Crippen LogP contribution in [0, 0.1) is 19.7 Å². The third-order valence-corrected chi connectivity index (χ3v) is 5.82. The number of nitrogens with zero attached hydrogens (tertiary/aromatic N) is 3. The largest absolute Gasteiger partial charge is 0.283 e. The second-order valence-corrected chi connectivity index (χ2v) is 8.07. The van der Waals surface area contributed by atoms with Gasteiger partial charge >= 0.3 is 0 Å². The number of hydrogen-bond acceptors (Lipinski definition) is 4. The number of fused-ring (bicyclic) bond motifs is 1. The summed E-state index contributed by atoms with van der Waals surface area (Å²) in [6.07, 6.45) is 3.72. The number of halogens is 1. The van der Waals surface area contributed by atoms with Crippen molar-refractivity contribution >= 4 is 32.6 Å². The van der Waals surface area contributed by atoms with Crippen LogP contribution in [0.2, 0.25) is 0 Å². The summed E-state index contributed by atoms with van der Waals surface area (Å²) in [4.78, 5) is 23.7. The molecule has 4 aromatic rings. The molecule has 2 aromatic heterocycles. The molecule has 4 nitrogen and oxygen atoms in total. The molecule has 2 aromatic carbocycles. The lowest BCUT2D eigenvalue weighted by Gasteiger charge is -2.20. The van der Waals surface area contributed by atoms with Crippen molar-refractivity contribution in [3.63, 3.8) is 0 Å². The van der Waals surface area contributed by atoms with Crippen LogP contribution in [0.25, 0.3) is 10.2 Å². The molecule has 146 valence electrons. The van der Waals surface area contributed by atoms with Crippen LogP contribution in [0.15, 0.2) is 60.9 Å². The molecule has 0 N–H and O–H groups in total. The van der Waals surface area contributed by atoms with E-state index in [4.69, 9.17) is 0 Å². The monoisotopic (exact) mass is 405 g/mol. The van der Waals surface area contributed by atoms with Crippen LogP contribution in [0.4, 0.5) is 9.52 Å². The van der Waals surface area contributed by atoms with Gasteiger partial charge in [0.15, 0.2) is 5.13 Å². The van der Waals surface area contributed by atoms with E-state index in [1.54, 1.807) is 23.4 Å². The van der Waals surface area contributed by atoms with E-state index in [1.165, 1.54) is 23.5 Å². The molecule has 0 unspecified atom stereocenters. The molecular weight excluding hydrogens is 385 g/mol. The molecule has 0 spiro atoms. The Kier molecular flexibility index (Phi) is 5.36. The minimum atomic E-state index is -0.312. The number of carbonyl (C=O) groups is 1. The van der Waals surface area contributed by atoms with Gasteiger partial charge in [-0.05, 0) is 54.8 Å². The Bertz CT molecular complexity index is 1170. The van der Waals surface area contributed by atoms with Gasteiger partial charge in [0.1, 0.15) is 5.82 Å².